The van der Waals surface area contributed by atoms with E-state index in [4.69, 9.17) is 0 Å². The zero-order chi connectivity index (χ0) is 15.4. The highest BCUT2D eigenvalue weighted by Gasteiger charge is 2.10. The molecule has 3 nitrogen and oxygen atoms in total. The largest absolute Gasteiger partial charge is 0.298 e. The standard InChI is InChI=1S/C19H21N3/c1-15-8-10-17(11-9-15)19-18(12-20-21-19)14-22(2)13-16-6-4-3-5-7-16/h3-12H,13-14H2,1-2H3,(H,20,21). The number of nitrogens with one attached hydrogen (secondary N) is 1. The summed E-state index contributed by atoms with van der Waals surface area (Å²) in [6.07, 6.45) is 1.93. The molecule has 0 spiro atoms. The lowest BCUT2D eigenvalue weighted by Crippen LogP contribution is -2.17. The first-order valence-electron chi connectivity index (χ1n) is 7.54. The van der Waals surface area contributed by atoms with Gasteiger partial charge in [-0.05, 0) is 25.1 Å². The number of hydrogen-bond donors (Lipinski definition) is 1. The topological polar surface area (TPSA) is 31.9 Å². The zero-order valence-electron chi connectivity index (χ0n) is 13.1. The van der Waals surface area contributed by atoms with Crippen LogP contribution in [0.3, 0.4) is 0 Å². The number of benzene rings is 2. The molecule has 0 aliphatic carbocycles. The Morgan fingerprint density at radius 2 is 1.68 bits per heavy atom. The van der Waals surface area contributed by atoms with Crippen LogP contribution in [0.2, 0.25) is 0 Å². The molecule has 0 saturated heterocycles. The zero-order valence-corrected chi connectivity index (χ0v) is 13.1. The first-order valence-corrected chi connectivity index (χ1v) is 7.54. The van der Waals surface area contributed by atoms with Crippen molar-refractivity contribution in [1.82, 2.24) is 15.1 Å². The predicted octanol–water partition coefficient (Wildman–Crippen LogP) is 4.02. The van der Waals surface area contributed by atoms with E-state index in [-0.39, 0.29) is 0 Å². The lowest BCUT2D eigenvalue weighted by Gasteiger charge is -2.16. The van der Waals surface area contributed by atoms with Gasteiger partial charge in [0.2, 0.25) is 0 Å². The van der Waals surface area contributed by atoms with Crippen molar-refractivity contribution in [2.75, 3.05) is 7.05 Å². The van der Waals surface area contributed by atoms with E-state index in [1.807, 2.05) is 6.20 Å². The number of aromatic amines is 1. The number of hydrogen-bond acceptors (Lipinski definition) is 2. The third kappa shape index (κ3) is 3.43. The monoisotopic (exact) mass is 291 g/mol. The number of H-pyrrole nitrogens is 1. The molecule has 0 saturated carbocycles. The Hall–Kier alpha value is -2.39. The van der Waals surface area contributed by atoms with Crippen molar-refractivity contribution < 1.29 is 0 Å². The molecule has 3 rings (SSSR count). The van der Waals surface area contributed by atoms with Gasteiger partial charge in [-0.15, -0.1) is 0 Å². The Morgan fingerprint density at radius 1 is 0.955 bits per heavy atom. The van der Waals surface area contributed by atoms with Crippen molar-refractivity contribution in [3.8, 4) is 11.3 Å². The summed E-state index contributed by atoms with van der Waals surface area (Å²) < 4.78 is 0. The van der Waals surface area contributed by atoms with E-state index in [0.717, 1.165) is 18.8 Å². The summed E-state index contributed by atoms with van der Waals surface area (Å²) in [5.41, 5.74) is 6.12. The van der Waals surface area contributed by atoms with E-state index in [1.165, 1.54) is 22.3 Å². The Balaban J connectivity index is 1.73. The van der Waals surface area contributed by atoms with Gasteiger partial charge in [0.15, 0.2) is 0 Å². The van der Waals surface area contributed by atoms with Crippen LogP contribution in [0.25, 0.3) is 11.3 Å². The van der Waals surface area contributed by atoms with Gasteiger partial charge in [0.1, 0.15) is 0 Å². The van der Waals surface area contributed by atoms with E-state index in [2.05, 4.69) is 83.7 Å². The van der Waals surface area contributed by atoms with E-state index in [9.17, 15) is 0 Å². The highest BCUT2D eigenvalue weighted by atomic mass is 15.1. The fraction of sp³-hybridized carbons (Fsp3) is 0.211. The molecule has 0 atom stereocenters. The maximum Gasteiger partial charge on any atom is 0.0695 e. The van der Waals surface area contributed by atoms with Gasteiger partial charge in [-0.2, -0.15) is 5.10 Å². The molecular weight excluding hydrogens is 270 g/mol. The minimum Gasteiger partial charge on any atom is -0.298 e. The second-order valence-corrected chi connectivity index (χ2v) is 5.79. The van der Waals surface area contributed by atoms with Gasteiger partial charge in [-0.3, -0.25) is 10.00 Å². The Bertz CT molecular complexity index is 714. The second kappa shape index (κ2) is 6.58. The van der Waals surface area contributed by atoms with E-state index >= 15 is 0 Å². The van der Waals surface area contributed by atoms with E-state index < -0.39 is 0 Å². The molecule has 0 aliphatic heterocycles. The third-order valence-electron chi connectivity index (χ3n) is 3.79. The first kappa shape index (κ1) is 14.5. The predicted molar refractivity (Wildman–Crippen MR) is 90.4 cm³/mol. The number of aryl methyl sites for hydroxylation is 1. The number of rotatable bonds is 5. The van der Waals surface area contributed by atoms with Crippen LogP contribution in [0, 0.1) is 6.92 Å². The summed E-state index contributed by atoms with van der Waals surface area (Å²) in [7, 11) is 2.14. The molecule has 1 N–H and O–H groups in total. The highest BCUT2D eigenvalue weighted by molar-refractivity contribution is 5.62. The molecule has 1 heterocycles. The normalized spacial score (nSPS) is 11.0. The van der Waals surface area contributed by atoms with Gasteiger partial charge in [0, 0.05) is 18.7 Å². The Labute approximate surface area is 131 Å². The van der Waals surface area contributed by atoms with Gasteiger partial charge < -0.3 is 0 Å². The number of aromatic nitrogens is 2. The van der Waals surface area contributed by atoms with Crippen molar-refractivity contribution in [1.29, 1.82) is 0 Å². The minimum atomic E-state index is 0.870. The van der Waals surface area contributed by atoms with Gasteiger partial charge in [-0.1, -0.05) is 60.2 Å². The second-order valence-electron chi connectivity index (χ2n) is 5.79. The van der Waals surface area contributed by atoms with Gasteiger partial charge in [-0.25, -0.2) is 0 Å². The molecule has 22 heavy (non-hydrogen) atoms. The highest BCUT2D eigenvalue weighted by Crippen LogP contribution is 2.22. The Kier molecular flexibility index (Phi) is 4.35. The smallest absolute Gasteiger partial charge is 0.0695 e. The third-order valence-corrected chi connectivity index (χ3v) is 3.79. The molecule has 0 amide bonds. The summed E-state index contributed by atoms with van der Waals surface area (Å²) in [6.45, 7) is 3.90. The van der Waals surface area contributed by atoms with Crippen molar-refractivity contribution in [3.05, 3.63) is 77.5 Å². The molecule has 0 unspecified atom stereocenters. The van der Waals surface area contributed by atoms with E-state index in [1.54, 1.807) is 0 Å². The van der Waals surface area contributed by atoms with Crippen molar-refractivity contribution in [3.63, 3.8) is 0 Å². The molecule has 0 radical (unpaired) electrons. The summed E-state index contributed by atoms with van der Waals surface area (Å²) in [5, 5.41) is 7.36. The summed E-state index contributed by atoms with van der Waals surface area (Å²) in [5.74, 6) is 0. The molecule has 112 valence electrons. The molecule has 0 bridgehead atoms. The maximum atomic E-state index is 4.23. The summed E-state index contributed by atoms with van der Waals surface area (Å²) >= 11 is 0. The fourth-order valence-corrected chi connectivity index (χ4v) is 2.64. The molecule has 0 fully saturated rings. The average Bonchev–Trinajstić information content (AvgIpc) is 2.97. The first-order chi connectivity index (χ1) is 10.7. The Morgan fingerprint density at radius 3 is 2.41 bits per heavy atom. The van der Waals surface area contributed by atoms with Crippen molar-refractivity contribution >= 4 is 0 Å². The van der Waals surface area contributed by atoms with E-state index in [0.29, 0.717) is 0 Å². The summed E-state index contributed by atoms with van der Waals surface area (Å²) in [4.78, 5) is 2.30. The lowest BCUT2D eigenvalue weighted by atomic mass is 10.1. The summed E-state index contributed by atoms with van der Waals surface area (Å²) in [6, 6.07) is 19.1. The van der Waals surface area contributed by atoms with Crippen LogP contribution in [-0.4, -0.2) is 22.1 Å². The molecular formula is C19H21N3. The fourth-order valence-electron chi connectivity index (χ4n) is 2.64. The van der Waals surface area contributed by atoms with Crippen LogP contribution in [0.1, 0.15) is 16.7 Å². The van der Waals surface area contributed by atoms with Crippen molar-refractivity contribution in [2.24, 2.45) is 0 Å². The van der Waals surface area contributed by atoms with Crippen LogP contribution < -0.4 is 0 Å². The van der Waals surface area contributed by atoms with Crippen LogP contribution in [0.5, 0.6) is 0 Å². The van der Waals surface area contributed by atoms with Crippen LogP contribution in [0.4, 0.5) is 0 Å². The molecule has 1 aromatic heterocycles. The van der Waals surface area contributed by atoms with Gasteiger partial charge in [0.25, 0.3) is 0 Å². The van der Waals surface area contributed by atoms with Crippen LogP contribution in [0.15, 0.2) is 60.8 Å². The molecule has 2 aromatic carbocycles. The lowest BCUT2D eigenvalue weighted by molar-refractivity contribution is 0.319. The molecule has 3 heteroatoms. The quantitative estimate of drug-likeness (QED) is 0.770. The van der Waals surface area contributed by atoms with Crippen molar-refractivity contribution in [2.45, 2.75) is 20.0 Å². The van der Waals surface area contributed by atoms with Gasteiger partial charge >= 0.3 is 0 Å². The van der Waals surface area contributed by atoms with Crippen LogP contribution in [-0.2, 0) is 13.1 Å². The average molecular weight is 291 g/mol. The molecule has 0 aliphatic rings. The SMILES string of the molecule is Cc1ccc(-c2[nH]ncc2CN(C)Cc2ccccc2)cc1. The number of nitrogens with zero attached hydrogens (tertiary/aromatic N) is 2. The minimum absolute atomic E-state index is 0.870. The van der Waals surface area contributed by atoms with Crippen LogP contribution >= 0.6 is 0 Å². The molecule has 3 aromatic rings. The maximum absolute atomic E-state index is 4.23. The van der Waals surface area contributed by atoms with Gasteiger partial charge in [0.05, 0.1) is 11.9 Å².